The molecule has 0 saturated heterocycles. The van der Waals surface area contributed by atoms with Gasteiger partial charge in [-0.15, -0.1) is 0 Å². The number of nitrogens with zero attached hydrogens (tertiary/aromatic N) is 1. The Labute approximate surface area is 110 Å². The molecule has 1 heterocycles. The zero-order chi connectivity index (χ0) is 11.5. The molecule has 3 nitrogen and oxygen atoms in total. The number of ether oxygens (including phenoxy) is 1. The minimum atomic E-state index is 0.582. The largest absolute Gasteiger partial charge is 0.454 e. The van der Waals surface area contributed by atoms with Gasteiger partial charge in [-0.1, -0.05) is 15.9 Å². The summed E-state index contributed by atoms with van der Waals surface area (Å²) in [5, 5.41) is 0. The molecule has 5 heteroatoms. The molecule has 0 atom stereocenters. The highest BCUT2D eigenvalue weighted by Gasteiger charge is 2.05. The SMILES string of the molecule is Nc1cc(Br)ccc1Oc1ccncc1Br. The predicted octanol–water partition coefficient (Wildman–Crippen LogP) is 3.98. The van der Waals surface area contributed by atoms with Crippen LogP contribution in [-0.2, 0) is 0 Å². The second-order valence-corrected chi connectivity index (χ2v) is 4.86. The third kappa shape index (κ3) is 2.54. The highest BCUT2D eigenvalue weighted by Crippen LogP contribution is 2.33. The van der Waals surface area contributed by atoms with Crippen molar-refractivity contribution in [1.29, 1.82) is 0 Å². The van der Waals surface area contributed by atoms with Gasteiger partial charge >= 0.3 is 0 Å². The molecule has 0 saturated carbocycles. The molecule has 0 amide bonds. The van der Waals surface area contributed by atoms with Gasteiger partial charge in [0.1, 0.15) is 11.5 Å². The number of nitrogens with two attached hydrogens (primary N) is 1. The second kappa shape index (κ2) is 4.84. The van der Waals surface area contributed by atoms with Gasteiger partial charge in [-0.2, -0.15) is 0 Å². The van der Waals surface area contributed by atoms with Crippen LogP contribution in [0.3, 0.4) is 0 Å². The Hall–Kier alpha value is -1.07. The van der Waals surface area contributed by atoms with E-state index in [4.69, 9.17) is 10.5 Å². The number of anilines is 1. The maximum absolute atomic E-state index is 5.83. The summed E-state index contributed by atoms with van der Waals surface area (Å²) in [4.78, 5) is 3.96. The molecular formula is C11H8Br2N2O. The smallest absolute Gasteiger partial charge is 0.150 e. The van der Waals surface area contributed by atoms with Gasteiger partial charge in [0.15, 0.2) is 0 Å². The fraction of sp³-hybridized carbons (Fsp3) is 0. The number of hydrogen-bond donors (Lipinski definition) is 1. The van der Waals surface area contributed by atoms with Crippen LogP contribution in [0.1, 0.15) is 0 Å². The van der Waals surface area contributed by atoms with Gasteiger partial charge in [0, 0.05) is 22.9 Å². The Bertz CT molecular complexity index is 517. The summed E-state index contributed by atoms with van der Waals surface area (Å²) < 4.78 is 7.37. The van der Waals surface area contributed by atoms with Crippen LogP contribution in [0.4, 0.5) is 5.69 Å². The maximum Gasteiger partial charge on any atom is 0.150 e. The van der Waals surface area contributed by atoms with Gasteiger partial charge < -0.3 is 10.5 Å². The van der Waals surface area contributed by atoms with Crippen molar-refractivity contribution in [2.24, 2.45) is 0 Å². The zero-order valence-corrected chi connectivity index (χ0v) is 11.3. The Balaban J connectivity index is 2.31. The van der Waals surface area contributed by atoms with E-state index in [9.17, 15) is 0 Å². The average molecular weight is 344 g/mol. The number of aromatic nitrogens is 1. The van der Waals surface area contributed by atoms with Crippen LogP contribution >= 0.6 is 31.9 Å². The van der Waals surface area contributed by atoms with Crippen LogP contribution in [0.2, 0.25) is 0 Å². The summed E-state index contributed by atoms with van der Waals surface area (Å²) >= 11 is 6.70. The summed E-state index contributed by atoms with van der Waals surface area (Å²) in [5.41, 5.74) is 6.41. The molecule has 82 valence electrons. The third-order valence-corrected chi connectivity index (χ3v) is 3.02. The quantitative estimate of drug-likeness (QED) is 0.839. The lowest BCUT2D eigenvalue weighted by Gasteiger charge is -2.09. The van der Waals surface area contributed by atoms with Crippen LogP contribution in [0.15, 0.2) is 45.6 Å². The number of halogens is 2. The number of rotatable bonds is 2. The van der Waals surface area contributed by atoms with Gasteiger partial charge in [0.25, 0.3) is 0 Å². The van der Waals surface area contributed by atoms with E-state index in [2.05, 4.69) is 36.8 Å². The first kappa shape index (κ1) is 11.4. The number of pyridine rings is 1. The summed E-state index contributed by atoms with van der Waals surface area (Å²) in [7, 11) is 0. The van der Waals surface area contributed by atoms with Crippen LogP contribution in [0, 0.1) is 0 Å². The second-order valence-electron chi connectivity index (χ2n) is 3.09. The molecular weight excluding hydrogens is 336 g/mol. The van der Waals surface area contributed by atoms with Gasteiger partial charge in [-0.05, 0) is 34.1 Å². The van der Waals surface area contributed by atoms with Crippen molar-refractivity contribution < 1.29 is 4.74 Å². The maximum atomic E-state index is 5.83. The fourth-order valence-electron chi connectivity index (χ4n) is 1.18. The average Bonchev–Trinajstić information content (AvgIpc) is 2.25. The van der Waals surface area contributed by atoms with Crippen molar-refractivity contribution in [3.05, 3.63) is 45.6 Å². The van der Waals surface area contributed by atoms with Crippen molar-refractivity contribution in [2.45, 2.75) is 0 Å². The fourth-order valence-corrected chi connectivity index (χ4v) is 1.89. The molecule has 2 rings (SSSR count). The summed E-state index contributed by atoms with van der Waals surface area (Å²) in [6, 6.07) is 7.25. The van der Waals surface area contributed by atoms with Crippen molar-refractivity contribution in [2.75, 3.05) is 5.73 Å². The lowest BCUT2D eigenvalue weighted by atomic mass is 10.3. The van der Waals surface area contributed by atoms with E-state index in [0.717, 1.165) is 8.95 Å². The van der Waals surface area contributed by atoms with E-state index < -0.39 is 0 Å². The molecule has 0 unspecified atom stereocenters. The van der Waals surface area contributed by atoms with E-state index in [1.807, 2.05) is 12.1 Å². The molecule has 0 bridgehead atoms. The molecule has 0 radical (unpaired) electrons. The normalized spacial score (nSPS) is 10.1. The van der Waals surface area contributed by atoms with Crippen molar-refractivity contribution >= 4 is 37.5 Å². The van der Waals surface area contributed by atoms with Crippen LogP contribution in [0.5, 0.6) is 11.5 Å². The monoisotopic (exact) mass is 342 g/mol. The first-order valence-electron chi connectivity index (χ1n) is 4.49. The predicted molar refractivity (Wildman–Crippen MR) is 70.6 cm³/mol. The standard InChI is InChI=1S/C11H8Br2N2O/c12-7-1-2-11(9(14)5-7)16-10-3-4-15-6-8(10)13/h1-6H,14H2. The lowest BCUT2D eigenvalue weighted by molar-refractivity contribution is 0.481. The first-order valence-corrected chi connectivity index (χ1v) is 6.08. The first-order chi connectivity index (χ1) is 7.66. The molecule has 2 aromatic rings. The molecule has 16 heavy (non-hydrogen) atoms. The number of hydrogen-bond acceptors (Lipinski definition) is 3. The van der Waals surface area contributed by atoms with Crippen LogP contribution in [-0.4, -0.2) is 4.98 Å². The van der Waals surface area contributed by atoms with Gasteiger partial charge in [0.2, 0.25) is 0 Å². The molecule has 1 aromatic heterocycles. The van der Waals surface area contributed by atoms with Gasteiger partial charge in [0.05, 0.1) is 10.2 Å². The summed E-state index contributed by atoms with van der Waals surface area (Å²) in [6.45, 7) is 0. The highest BCUT2D eigenvalue weighted by molar-refractivity contribution is 9.10. The van der Waals surface area contributed by atoms with Crippen molar-refractivity contribution in [3.63, 3.8) is 0 Å². The van der Waals surface area contributed by atoms with E-state index in [1.54, 1.807) is 24.5 Å². The van der Waals surface area contributed by atoms with Crippen LogP contribution in [0.25, 0.3) is 0 Å². The molecule has 0 fully saturated rings. The minimum Gasteiger partial charge on any atom is -0.454 e. The van der Waals surface area contributed by atoms with Crippen molar-refractivity contribution in [1.82, 2.24) is 4.98 Å². The van der Waals surface area contributed by atoms with Gasteiger partial charge in [-0.25, -0.2) is 0 Å². The number of nitrogen functional groups attached to an aromatic ring is 1. The third-order valence-electron chi connectivity index (χ3n) is 1.93. The highest BCUT2D eigenvalue weighted by atomic mass is 79.9. The molecule has 0 spiro atoms. The Morgan fingerprint density at radius 2 is 1.94 bits per heavy atom. The van der Waals surface area contributed by atoms with Crippen molar-refractivity contribution in [3.8, 4) is 11.5 Å². The summed E-state index contributed by atoms with van der Waals surface area (Å²) in [5.74, 6) is 1.30. The summed E-state index contributed by atoms with van der Waals surface area (Å²) in [6.07, 6.45) is 3.33. The number of benzene rings is 1. The van der Waals surface area contributed by atoms with Crippen LogP contribution < -0.4 is 10.5 Å². The Morgan fingerprint density at radius 3 is 2.62 bits per heavy atom. The molecule has 1 aromatic carbocycles. The topological polar surface area (TPSA) is 48.1 Å². The van der Waals surface area contributed by atoms with E-state index in [1.165, 1.54) is 0 Å². The molecule has 0 aliphatic carbocycles. The lowest BCUT2D eigenvalue weighted by Crippen LogP contribution is -1.92. The molecule has 2 N–H and O–H groups in total. The Kier molecular flexibility index (Phi) is 3.46. The van der Waals surface area contributed by atoms with E-state index in [0.29, 0.717) is 17.2 Å². The molecule has 0 aliphatic heterocycles. The van der Waals surface area contributed by atoms with E-state index >= 15 is 0 Å². The zero-order valence-electron chi connectivity index (χ0n) is 8.15. The van der Waals surface area contributed by atoms with E-state index in [-0.39, 0.29) is 0 Å². The van der Waals surface area contributed by atoms with Gasteiger partial charge in [-0.3, -0.25) is 4.98 Å². The Morgan fingerprint density at radius 1 is 1.12 bits per heavy atom. The minimum absolute atomic E-state index is 0.582. The molecule has 0 aliphatic rings.